The Bertz CT molecular complexity index is 653. The van der Waals surface area contributed by atoms with E-state index < -0.39 is 10.0 Å². The summed E-state index contributed by atoms with van der Waals surface area (Å²) >= 11 is 0. The van der Waals surface area contributed by atoms with Gasteiger partial charge in [-0.2, -0.15) is 0 Å². The first kappa shape index (κ1) is 11.7. The van der Waals surface area contributed by atoms with Crippen LogP contribution in [0.2, 0.25) is 0 Å². The summed E-state index contributed by atoms with van der Waals surface area (Å²) in [5.74, 6) is 0.611. The molecule has 0 saturated carbocycles. The summed E-state index contributed by atoms with van der Waals surface area (Å²) < 4.78 is 30.1. The first-order valence-electron chi connectivity index (χ1n) is 4.91. The van der Waals surface area contributed by atoms with Gasteiger partial charge < -0.3 is 4.74 Å². The number of hydrogen-bond acceptors (Lipinski definition) is 4. The van der Waals surface area contributed by atoms with Crippen LogP contribution in [0.3, 0.4) is 0 Å². The van der Waals surface area contributed by atoms with E-state index in [1.165, 1.54) is 0 Å². The number of benzene rings is 1. The van der Waals surface area contributed by atoms with Crippen LogP contribution in [0.1, 0.15) is 0 Å². The van der Waals surface area contributed by atoms with Gasteiger partial charge in [-0.25, -0.2) is 8.42 Å². The summed E-state index contributed by atoms with van der Waals surface area (Å²) in [6.07, 6.45) is 2.74. The lowest BCUT2D eigenvalue weighted by molar-refractivity contribution is 0.419. The molecule has 2 aromatic rings. The lowest BCUT2D eigenvalue weighted by Gasteiger charge is -2.10. The van der Waals surface area contributed by atoms with Crippen molar-refractivity contribution in [1.29, 1.82) is 0 Å². The SMILES string of the molecule is COc1ccc(NS(C)(=O)=O)c2cccnc12. The number of ether oxygens (including phenoxy) is 1. The molecular weight excluding hydrogens is 240 g/mol. The predicted octanol–water partition coefficient (Wildman–Crippen LogP) is 1.61. The summed E-state index contributed by atoms with van der Waals surface area (Å²) in [5, 5.41) is 0.706. The number of pyridine rings is 1. The van der Waals surface area contributed by atoms with E-state index in [0.717, 1.165) is 6.26 Å². The Morgan fingerprint density at radius 1 is 1.29 bits per heavy atom. The van der Waals surface area contributed by atoms with Crippen LogP contribution < -0.4 is 9.46 Å². The second-order valence-electron chi connectivity index (χ2n) is 3.59. The number of anilines is 1. The van der Waals surface area contributed by atoms with Crippen molar-refractivity contribution in [3.63, 3.8) is 0 Å². The molecule has 17 heavy (non-hydrogen) atoms. The van der Waals surface area contributed by atoms with Gasteiger partial charge in [0.1, 0.15) is 11.3 Å². The highest BCUT2D eigenvalue weighted by Gasteiger charge is 2.09. The first-order valence-corrected chi connectivity index (χ1v) is 6.80. The van der Waals surface area contributed by atoms with Crippen LogP contribution in [-0.2, 0) is 10.0 Å². The zero-order valence-corrected chi connectivity index (χ0v) is 10.3. The maximum Gasteiger partial charge on any atom is 0.229 e. The second kappa shape index (κ2) is 4.21. The zero-order valence-electron chi connectivity index (χ0n) is 9.47. The van der Waals surface area contributed by atoms with Gasteiger partial charge in [0.25, 0.3) is 0 Å². The average molecular weight is 252 g/mol. The van der Waals surface area contributed by atoms with Crippen molar-refractivity contribution >= 4 is 26.6 Å². The second-order valence-corrected chi connectivity index (χ2v) is 5.34. The van der Waals surface area contributed by atoms with Crippen molar-refractivity contribution in [2.45, 2.75) is 0 Å². The Morgan fingerprint density at radius 2 is 2.06 bits per heavy atom. The lowest BCUT2D eigenvalue weighted by atomic mass is 10.2. The van der Waals surface area contributed by atoms with Crippen molar-refractivity contribution in [1.82, 2.24) is 4.98 Å². The number of aromatic nitrogens is 1. The number of nitrogens with one attached hydrogen (secondary N) is 1. The van der Waals surface area contributed by atoms with Crippen LogP contribution in [0.5, 0.6) is 5.75 Å². The lowest BCUT2D eigenvalue weighted by Crippen LogP contribution is -2.10. The van der Waals surface area contributed by atoms with E-state index >= 15 is 0 Å². The third-order valence-corrected chi connectivity index (χ3v) is 2.84. The van der Waals surface area contributed by atoms with Gasteiger partial charge in [0.05, 0.1) is 19.1 Å². The van der Waals surface area contributed by atoms with Gasteiger partial charge in [0, 0.05) is 11.6 Å². The van der Waals surface area contributed by atoms with E-state index in [4.69, 9.17) is 4.74 Å². The fourth-order valence-electron chi connectivity index (χ4n) is 1.60. The van der Waals surface area contributed by atoms with Gasteiger partial charge in [-0.3, -0.25) is 9.71 Å². The molecule has 90 valence electrons. The molecule has 0 fully saturated rings. The monoisotopic (exact) mass is 252 g/mol. The maximum absolute atomic E-state index is 11.2. The minimum atomic E-state index is -3.31. The predicted molar refractivity (Wildman–Crippen MR) is 66.8 cm³/mol. The molecule has 0 atom stereocenters. The smallest absolute Gasteiger partial charge is 0.229 e. The van der Waals surface area contributed by atoms with Crippen LogP contribution in [0, 0.1) is 0 Å². The molecule has 0 amide bonds. The van der Waals surface area contributed by atoms with E-state index in [0.29, 0.717) is 22.3 Å². The van der Waals surface area contributed by atoms with Gasteiger partial charge in [0.2, 0.25) is 10.0 Å². The molecule has 6 heteroatoms. The largest absolute Gasteiger partial charge is 0.494 e. The number of fused-ring (bicyclic) bond motifs is 1. The fourth-order valence-corrected chi connectivity index (χ4v) is 2.18. The standard InChI is InChI=1S/C11H12N2O3S/c1-16-10-6-5-9(13-17(2,14)15)8-4-3-7-12-11(8)10/h3-7,13H,1-2H3. The highest BCUT2D eigenvalue weighted by Crippen LogP contribution is 2.29. The molecule has 0 aliphatic heterocycles. The Labute approximate surface area is 99.5 Å². The Hall–Kier alpha value is -1.82. The van der Waals surface area contributed by atoms with E-state index in [9.17, 15) is 8.42 Å². The third kappa shape index (κ3) is 2.47. The topological polar surface area (TPSA) is 68.3 Å². The molecular formula is C11H12N2O3S. The molecule has 0 radical (unpaired) electrons. The molecule has 0 aliphatic rings. The Balaban J connectivity index is 2.67. The average Bonchev–Trinajstić information content (AvgIpc) is 2.28. The van der Waals surface area contributed by atoms with Crippen LogP contribution in [0.4, 0.5) is 5.69 Å². The number of nitrogens with zero attached hydrogens (tertiary/aromatic N) is 1. The van der Waals surface area contributed by atoms with E-state index in [2.05, 4.69) is 9.71 Å². The summed E-state index contributed by atoms with van der Waals surface area (Å²) in [6, 6.07) is 6.88. The molecule has 2 rings (SSSR count). The third-order valence-electron chi connectivity index (χ3n) is 2.25. The number of rotatable bonds is 3. The fraction of sp³-hybridized carbons (Fsp3) is 0.182. The summed E-state index contributed by atoms with van der Waals surface area (Å²) in [5.41, 5.74) is 1.13. The van der Waals surface area contributed by atoms with Gasteiger partial charge in [-0.05, 0) is 24.3 Å². The molecule has 5 nitrogen and oxygen atoms in total. The molecule has 0 unspecified atom stereocenters. The summed E-state index contributed by atoms with van der Waals surface area (Å²) in [4.78, 5) is 4.18. The summed E-state index contributed by atoms with van der Waals surface area (Å²) in [7, 11) is -1.76. The van der Waals surface area contributed by atoms with E-state index in [1.54, 1.807) is 37.6 Å². The van der Waals surface area contributed by atoms with Crippen molar-refractivity contribution < 1.29 is 13.2 Å². The minimum Gasteiger partial charge on any atom is -0.494 e. The van der Waals surface area contributed by atoms with Crippen LogP contribution in [-0.4, -0.2) is 26.8 Å². The van der Waals surface area contributed by atoms with Gasteiger partial charge >= 0.3 is 0 Å². The zero-order chi connectivity index (χ0) is 12.5. The highest BCUT2D eigenvalue weighted by atomic mass is 32.2. The highest BCUT2D eigenvalue weighted by molar-refractivity contribution is 7.92. The first-order chi connectivity index (χ1) is 8.01. The van der Waals surface area contributed by atoms with Crippen molar-refractivity contribution in [2.75, 3.05) is 18.1 Å². The molecule has 1 aromatic heterocycles. The normalized spacial score (nSPS) is 11.4. The molecule has 1 heterocycles. The molecule has 1 N–H and O–H groups in total. The molecule has 0 spiro atoms. The van der Waals surface area contributed by atoms with Crippen LogP contribution in [0.25, 0.3) is 10.9 Å². The van der Waals surface area contributed by atoms with Gasteiger partial charge in [0.15, 0.2) is 0 Å². The van der Waals surface area contributed by atoms with Crippen molar-refractivity contribution in [3.05, 3.63) is 30.5 Å². The van der Waals surface area contributed by atoms with E-state index in [1.807, 2.05) is 0 Å². The quantitative estimate of drug-likeness (QED) is 0.901. The Morgan fingerprint density at radius 3 is 2.71 bits per heavy atom. The van der Waals surface area contributed by atoms with E-state index in [-0.39, 0.29) is 0 Å². The van der Waals surface area contributed by atoms with Crippen molar-refractivity contribution in [3.8, 4) is 5.75 Å². The molecule has 1 aromatic carbocycles. The van der Waals surface area contributed by atoms with Crippen molar-refractivity contribution in [2.24, 2.45) is 0 Å². The number of hydrogen-bond donors (Lipinski definition) is 1. The van der Waals surface area contributed by atoms with Gasteiger partial charge in [-0.15, -0.1) is 0 Å². The van der Waals surface area contributed by atoms with Gasteiger partial charge in [-0.1, -0.05) is 0 Å². The molecule has 0 saturated heterocycles. The van der Waals surface area contributed by atoms with Crippen LogP contribution >= 0.6 is 0 Å². The maximum atomic E-state index is 11.2. The van der Waals surface area contributed by atoms with Crippen LogP contribution in [0.15, 0.2) is 30.5 Å². The summed E-state index contributed by atoms with van der Waals surface area (Å²) in [6.45, 7) is 0. The Kier molecular flexibility index (Phi) is 2.89. The minimum absolute atomic E-state index is 0.497. The number of sulfonamides is 1. The molecule has 0 bridgehead atoms. The molecule has 0 aliphatic carbocycles. The number of methoxy groups -OCH3 is 1.